The number of aliphatic hydroxyl groups excluding tert-OH is 1. The van der Waals surface area contributed by atoms with Crippen LogP contribution >= 0.6 is 0 Å². The van der Waals surface area contributed by atoms with Crippen LogP contribution in [0.5, 0.6) is 0 Å². The van der Waals surface area contributed by atoms with E-state index in [0.717, 1.165) is 25.8 Å². The molecule has 1 aromatic carbocycles. The molecule has 1 aliphatic heterocycles. The highest BCUT2D eigenvalue weighted by Crippen LogP contribution is 2.17. The van der Waals surface area contributed by atoms with Crippen molar-refractivity contribution >= 4 is 11.7 Å². The van der Waals surface area contributed by atoms with Crippen molar-refractivity contribution < 1.29 is 14.3 Å². The number of hydrogen-bond acceptors (Lipinski definition) is 3. The predicted octanol–water partition coefficient (Wildman–Crippen LogP) is 2.14. The maximum atomic E-state index is 13.1. The van der Waals surface area contributed by atoms with Crippen LogP contribution < -0.4 is 5.32 Å². The van der Waals surface area contributed by atoms with Crippen molar-refractivity contribution in [3.05, 3.63) is 30.1 Å². The largest absolute Gasteiger partial charge is 0.396 e. The summed E-state index contributed by atoms with van der Waals surface area (Å²) in [5.41, 5.74) is 0.479. The number of anilines is 1. The van der Waals surface area contributed by atoms with Gasteiger partial charge < -0.3 is 20.2 Å². The summed E-state index contributed by atoms with van der Waals surface area (Å²) in [5.74, 6) is -0.359. The van der Waals surface area contributed by atoms with Crippen LogP contribution in [0.25, 0.3) is 0 Å². The molecule has 2 amide bonds. The SMILES string of the molecule is CN(CCCO)C1CCN(C(=O)Nc2cccc(F)c2)CC1. The number of piperidine rings is 1. The molecule has 1 aliphatic rings. The van der Waals surface area contributed by atoms with Crippen molar-refractivity contribution in [2.45, 2.75) is 25.3 Å². The number of benzene rings is 1. The molecule has 0 unspecified atom stereocenters. The van der Waals surface area contributed by atoms with Gasteiger partial charge in [-0.2, -0.15) is 0 Å². The third kappa shape index (κ3) is 4.68. The molecule has 2 rings (SSSR count). The molecule has 0 radical (unpaired) electrons. The van der Waals surface area contributed by atoms with Gasteiger partial charge in [-0.05, 0) is 44.5 Å². The minimum Gasteiger partial charge on any atom is -0.396 e. The highest BCUT2D eigenvalue weighted by Gasteiger charge is 2.25. The van der Waals surface area contributed by atoms with E-state index in [-0.39, 0.29) is 18.5 Å². The molecule has 22 heavy (non-hydrogen) atoms. The Hall–Kier alpha value is -1.66. The van der Waals surface area contributed by atoms with E-state index in [1.54, 1.807) is 17.0 Å². The van der Waals surface area contributed by atoms with Crippen LogP contribution in [0.1, 0.15) is 19.3 Å². The summed E-state index contributed by atoms with van der Waals surface area (Å²) in [6.45, 7) is 2.46. The third-order valence-electron chi connectivity index (χ3n) is 4.12. The topological polar surface area (TPSA) is 55.8 Å². The highest BCUT2D eigenvalue weighted by molar-refractivity contribution is 5.89. The molecular formula is C16H24FN3O2. The van der Waals surface area contributed by atoms with E-state index in [0.29, 0.717) is 24.8 Å². The lowest BCUT2D eigenvalue weighted by atomic mass is 10.0. The molecule has 0 aliphatic carbocycles. The summed E-state index contributed by atoms with van der Waals surface area (Å²) in [7, 11) is 2.06. The normalized spacial score (nSPS) is 16.1. The fourth-order valence-corrected chi connectivity index (χ4v) is 2.78. The first-order chi connectivity index (χ1) is 10.6. The van der Waals surface area contributed by atoms with E-state index in [1.165, 1.54) is 12.1 Å². The van der Waals surface area contributed by atoms with Gasteiger partial charge in [-0.15, -0.1) is 0 Å². The summed E-state index contributed by atoms with van der Waals surface area (Å²) in [6.07, 6.45) is 2.60. The summed E-state index contributed by atoms with van der Waals surface area (Å²) >= 11 is 0. The van der Waals surface area contributed by atoms with Crippen LogP contribution in [0.2, 0.25) is 0 Å². The number of amides is 2. The quantitative estimate of drug-likeness (QED) is 0.876. The van der Waals surface area contributed by atoms with Crippen molar-refractivity contribution in [2.75, 3.05) is 38.6 Å². The van der Waals surface area contributed by atoms with Crippen molar-refractivity contribution in [1.82, 2.24) is 9.80 Å². The van der Waals surface area contributed by atoms with Gasteiger partial charge in [0, 0.05) is 38.0 Å². The molecule has 5 nitrogen and oxygen atoms in total. The van der Waals surface area contributed by atoms with Gasteiger partial charge in [0.1, 0.15) is 5.82 Å². The number of hydrogen-bond donors (Lipinski definition) is 2. The fourth-order valence-electron chi connectivity index (χ4n) is 2.78. The zero-order chi connectivity index (χ0) is 15.9. The average molecular weight is 309 g/mol. The number of nitrogens with zero attached hydrogens (tertiary/aromatic N) is 2. The molecule has 6 heteroatoms. The smallest absolute Gasteiger partial charge is 0.321 e. The van der Waals surface area contributed by atoms with Crippen molar-refractivity contribution in [3.8, 4) is 0 Å². The Morgan fingerprint density at radius 3 is 2.82 bits per heavy atom. The minimum absolute atomic E-state index is 0.179. The molecule has 1 aromatic rings. The maximum absolute atomic E-state index is 13.1. The summed E-state index contributed by atoms with van der Waals surface area (Å²) in [6, 6.07) is 6.19. The average Bonchev–Trinajstić information content (AvgIpc) is 2.52. The van der Waals surface area contributed by atoms with Crippen LogP contribution in [0.4, 0.5) is 14.9 Å². The van der Waals surface area contributed by atoms with Gasteiger partial charge in [-0.3, -0.25) is 0 Å². The second-order valence-electron chi connectivity index (χ2n) is 5.72. The molecule has 1 saturated heterocycles. The van der Waals surface area contributed by atoms with Gasteiger partial charge in [0.15, 0.2) is 0 Å². The van der Waals surface area contributed by atoms with E-state index in [2.05, 4.69) is 17.3 Å². The molecule has 0 bridgehead atoms. The van der Waals surface area contributed by atoms with E-state index in [4.69, 9.17) is 5.11 Å². The van der Waals surface area contributed by atoms with E-state index >= 15 is 0 Å². The highest BCUT2D eigenvalue weighted by atomic mass is 19.1. The molecule has 0 atom stereocenters. The number of nitrogens with one attached hydrogen (secondary N) is 1. The second kappa shape index (κ2) is 8.10. The molecule has 0 spiro atoms. The van der Waals surface area contributed by atoms with Crippen molar-refractivity contribution in [2.24, 2.45) is 0 Å². The standard InChI is InChI=1S/C16H24FN3O2/c1-19(8-3-11-21)15-6-9-20(10-7-15)16(22)18-14-5-2-4-13(17)12-14/h2,4-5,12,15,21H,3,6-11H2,1H3,(H,18,22). The second-order valence-corrected chi connectivity index (χ2v) is 5.72. The van der Waals surface area contributed by atoms with E-state index in [1.807, 2.05) is 0 Å². The summed E-state index contributed by atoms with van der Waals surface area (Å²) < 4.78 is 13.1. The maximum Gasteiger partial charge on any atom is 0.321 e. The van der Waals surface area contributed by atoms with Gasteiger partial charge in [0.2, 0.25) is 0 Å². The lowest BCUT2D eigenvalue weighted by Crippen LogP contribution is -2.47. The number of aliphatic hydroxyl groups is 1. The summed E-state index contributed by atoms with van der Waals surface area (Å²) in [4.78, 5) is 16.2. The Balaban J connectivity index is 1.80. The molecule has 2 N–H and O–H groups in total. The number of likely N-dealkylation sites (tertiary alicyclic amines) is 1. The van der Waals surface area contributed by atoms with E-state index < -0.39 is 0 Å². The first-order valence-corrected chi connectivity index (χ1v) is 7.72. The molecule has 1 heterocycles. The number of carbonyl (C=O) groups is 1. The Labute approximate surface area is 130 Å². The minimum atomic E-state index is -0.359. The zero-order valence-corrected chi connectivity index (χ0v) is 13.0. The van der Waals surface area contributed by atoms with Crippen molar-refractivity contribution in [3.63, 3.8) is 0 Å². The summed E-state index contributed by atoms with van der Waals surface area (Å²) in [5, 5.41) is 11.6. The Morgan fingerprint density at radius 1 is 1.45 bits per heavy atom. The van der Waals surface area contributed by atoms with Gasteiger partial charge in [-0.1, -0.05) is 6.07 Å². The first-order valence-electron chi connectivity index (χ1n) is 7.72. The van der Waals surface area contributed by atoms with E-state index in [9.17, 15) is 9.18 Å². The number of rotatable bonds is 5. The Morgan fingerprint density at radius 2 is 2.18 bits per heavy atom. The third-order valence-corrected chi connectivity index (χ3v) is 4.12. The van der Waals surface area contributed by atoms with Crippen LogP contribution in [0, 0.1) is 5.82 Å². The zero-order valence-electron chi connectivity index (χ0n) is 13.0. The number of urea groups is 1. The first kappa shape index (κ1) is 16.7. The van der Waals surface area contributed by atoms with Crippen LogP contribution in [-0.2, 0) is 0 Å². The monoisotopic (exact) mass is 309 g/mol. The lowest BCUT2D eigenvalue weighted by molar-refractivity contribution is 0.134. The predicted molar refractivity (Wildman–Crippen MR) is 84.3 cm³/mol. The van der Waals surface area contributed by atoms with Gasteiger partial charge in [-0.25, -0.2) is 9.18 Å². The Kier molecular flexibility index (Phi) is 6.15. The lowest BCUT2D eigenvalue weighted by Gasteiger charge is -2.36. The molecule has 0 saturated carbocycles. The molecular weight excluding hydrogens is 285 g/mol. The Bertz CT molecular complexity index is 490. The molecule has 1 fully saturated rings. The van der Waals surface area contributed by atoms with Crippen LogP contribution in [-0.4, -0.2) is 60.3 Å². The number of carbonyl (C=O) groups excluding carboxylic acids is 1. The van der Waals surface area contributed by atoms with Gasteiger partial charge >= 0.3 is 6.03 Å². The van der Waals surface area contributed by atoms with Gasteiger partial charge in [0.25, 0.3) is 0 Å². The van der Waals surface area contributed by atoms with Crippen molar-refractivity contribution in [1.29, 1.82) is 0 Å². The van der Waals surface area contributed by atoms with Gasteiger partial charge in [0.05, 0.1) is 0 Å². The van der Waals surface area contributed by atoms with Crippen LogP contribution in [0.3, 0.4) is 0 Å². The number of halogens is 1. The van der Waals surface area contributed by atoms with Crippen LogP contribution in [0.15, 0.2) is 24.3 Å². The molecule has 122 valence electrons. The molecule has 0 aromatic heterocycles. The fraction of sp³-hybridized carbons (Fsp3) is 0.562.